The van der Waals surface area contributed by atoms with E-state index in [4.69, 9.17) is 0 Å². The molecule has 0 aliphatic rings. The molecule has 0 amide bonds. The summed E-state index contributed by atoms with van der Waals surface area (Å²) in [4.78, 5) is 10.2. The van der Waals surface area contributed by atoms with Crippen LogP contribution in [0.5, 0.6) is 0 Å². The van der Waals surface area contributed by atoms with Gasteiger partial charge in [0.1, 0.15) is 0 Å². The molecule has 0 saturated carbocycles. The van der Waals surface area contributed by atoms with Gasteiger partial charge >= 0.3 is 5.00 Å². The van der Waals surface area contributed by atoms with Crippen molar-refractivity contribution in [1.29, 1.82) is 0 Å². The minimum atomic E-state index is -0.378. The van der Waals surface area contributed by atoms with E-state index in [0.717, 1.165) is 16.9 Å². The molecule has 0 aliphatic carbocycles. The molecule has 0 spiro atoms. The van der Waals surface area contributed by atoms with Gasteiger partial charge in [-0.25, -0.2) is 0 Å². The number of nitro groups is 1. The first-order valence-electron chi connectivity index (χ1n) is 6.34. The molecule has 1 aromatic heterocycles. The van der Waals surface area contributed by atoms with Crippen LogP contribution in [0, 0.1) is 21.4 Å². The van der Waals surface area contributed by atoms with Gasteiger partial charge in [-0.2, -0.15) is 0 Å². The van der Waals surface area contributed by atoms with Gasteiger partial charge in [0, 0.05) is 30.0 Å². The van der Waals surface area contributed by atoms with E-state index < -0.39 is 0 Å². The van der Waals surface area contributed by atoms with E-state index in [-0.39, 0.29) is 27.4 Å². The third-order valence-electron chi connectivity index (χ3n) is 3.16. The van der Waals surface area contributed by atoms with E-state index in [1.54, 1.807) is 11.4 Å². The lowest BCUT2D eigenvalue weighted by atomic mass is 9.81. The van der Waals surface area contributed by atoms with Crippen LogP contribution in [0.15, 0.2) is 11.4 Å². The molecule has 0 aromatic carbocycles. The monoisotopic (exact) mass is 286 g/mol. The van der Waals surface area contributed by atoms with Gasteiger partial charge in [0.15, 0.2) is 0 Å². The lowest BCUT2D eigenvalue weighted by molar-refractivity contribution is -0.380. The van der Waals surface area contributed by atoms with Crippen LogP contribution in [-0.2, 0) is 6.54 Å². The molecule has 19 heavy (non-hydrogen) atoms. The molecule has 2 N–H and O–H groups in total. The van der Waals surface area contributed by atoms with Crippen molar-refractivity contribution in [3.8, 4) is 0 Å². The maximum Gasteiger partial charge on any atom is 0.324 e. The Morgan fingerprint density at radius 3 is 2.63 bits per heavy atom. The van der Waals surface area contributed by atoms with Crippen LogP contribution in [0.3, 0.4) is 0 Å². The van der Waals surface area contributed by atoms with Gasteiger partial charge in [0.2, 0.25) is 0 Å². The summed E-state index contributed by atoms with van der Waals surface area (Å²) in [5, 5.41) is 25.9. The van der Waals surface area contributed by atoms with Crippen molar-refractivity contribution in [2.45, 2.75) is 40.3 Å². The quantitative estimate of drug-likeness (QED) is 0.597. The zero-order valence-corrected chi connectivity index (χ0v) is 12.7. The van der Waals surface area contributed by atoms with E-state index in [2.05, 4.69) is 5.32 Å². The van der Waals surface area contributed by atoms with Crippen LogP contribution < -0.4 is 5.32 Å². The molecule has 0 bridgehead atoms. The normalized spacial score (nSPS) is 13.8. The number of hydrogen-bond acceptors (Lipinski definition) is 5. The molecule has 108 valence electrons. The lowest BCUT2D eigenvalue weighted by Gasteiger charge is -2.33. The van der Waals surface area contributed by atoms with Crippen LogP contribution in [0.25, 0.3) is 0 Å². The summed E-state index contributed by atoms with van der Waals surface area (Å²) in [6, 6.07) is 1.59. The third kappa shape index (κ3) is 4.56. The fraction of sp³-hybridized carbons (Fsp3) is 0.692. The molecule has 1 atom stereocenters. The Bertz CT molecular complexity index is 429. The summed E-state index contributed by atoms with van der Waals surface area (Å²) in [5.74, 6) is 0.207. The Balaban J connectivity index is 2.47. The van der Waals surface area contributed by atoms with Crippen molar-refractivity contribution in [2.24, 2.45) is 11.3 Å². The predicted octanol–water partition coefficient (Wildman–Crippen LogP) is 2.79. The van der Waals surface area contributed by atoms with Crippen LogP contribution in [0.2, 0.25) is 0 Å². The average molecular weight is 286 g/mol. The van der Waals surface area contributed by atoms with Gasteiger partial charge in [0.25, 0.3) is 0 Å². The second-order valence-electron chi connectivity index (χ2n) is 5.83. The standard InChI is InChI=1S/C13H22N2O3S/c1-9(2)12(16)13(3,4)8-14-6-10-5-11(15(17)18)19-7-10/h5,7,9,12,14,16H,6,8H2,1-4H3. The predicted molar refractivity (Wildman–Crippen MR) is 77.3 cm³/mol. The number of nitrogens with zero attached hydrogens (tertiary/aromatic N) is 1. The lowest BCUT2D eigenvalue weighted by Crippen LogP contribution is -2.41. The molecule has 5 nitrogen and oxygen atoms in total. The Kier molecular flexibility index (Phi) is 5.46. The Labute approximate surface area is 117 Å². The summed E-state index contributed by atoms with van der Waals surface area (Å²) >= 11 is 1.14. The summed E-state index contributed by atoms with van der Waals surface area (Å²) in [5.41, 5.74) is 0.683. The Hall–Kier alpha value is -0.980. The molecule has 1 rings (SSSR count). The first-order valence-corrected chi connectivity index (χ1v) is 7.22. The van der Waals surface area contributed by atoms with E-state index in [9.17, 15) is 15.2 Å². The highest BCUT2D eigenvalue weighted by atomic mass is 32.1. The molecule has 0 radical (unpaired) electrons. The van der Waals surface area contributed by atoms with E-state index in [1.165, 1.54) is 0 Å². The molecular formula is C13H22N2O3S. The first kappa shape index (κ1) is 16.1. The van der Waals surface area contributed by atoms with Gasteiger partial charge in [-0.05, 0) is 11.5 Å². The average Bonchev–Trinajstić information content (AvgIpc) is 2.76. The molecule has 0 aliphatic heterocycles. The van der Waals surface area contributed by atoms with Crippen LogP contribution >= 0.6 is 11.3 Å². The van der Waals surface area contributed by atoms with E-state index in [0.29, 0.717) is 13.1 Å². The molecule has 0 saturated heterocycles. The largest absolute Gasteiger partial charge is 0.392 e. The minimum Gasteiger partial charge on any atom is -0.392 e. The Morgan fingerprint density at radius 1 is 1.53 bits per heavy atom. The van der Waals surface area contributed by atoms with Crippen LogP contribution in [0.1, 0.15) is 33.3 Å². The number of hydrogen-bond donors (Lipinski definition) is 2. The van der Waals surface area contributed by atoms with Crippen LogP contribution in [-0.4, -0.2) is 22.7 Å². The first-order chi connectivity index (χ1) is 8.74. The highest BCUT2D eigenvalue weighted by Gasteiger charge is 2.29. The van der Waals surface area contributed by atoms with E-state index >= 15 is 0 Å². The van der Waals surface area contributed by atoms with Crippen molar-refractivity contribution in [3.05, 3.63) is 27.1 Å². The van der Waals surface area contributed by atoms with Crippen LogP contribution in [0.4, 0.5) is 5.00 Å². The number of aliphatic hydroxyl groups is 1. The zero-order valence-electron chi connectivity index (χ0n) is 11.8. The molecule has 1 heterocycles. The SMILES string of the molecule is CC(C)C(O)C(C)(C)CNCc1csc([N+](=O)[O-])c1. The second-order valence-corrected chi connectivity index (χ2v) is 6.72. The Morgan fingerprint density at radius 2 is 2.16 bits per heavy atom. The molecular weight excluding hydrogens is 264 g/mol. The van der Waals surface area contributed by atoms with E-state index in [1.807, 2.05) is 27.7 Å². The summed E-state index contributed by atoms with van der Waals surface area (Å²) in [7, 11) is 0. The molecule has 6 heteroatoms. The van der Waals surface area contributed by atoms with Gasteiger partial charge in [0.05, 0.1) is 11.0 Å². The number of nitrogens with one attached hydrogen (secondary N) is 1. The highest BCUT2D eigenvalue weighted by molar-refractivity contribution is 7.13. The smallest absolute Gasteiger partial charge is 0.324 e. The van der Waals surface area contributed by atoms with Gasteiger partial charge in [-0.15, -0.1) is 0 Å². The second kappa shape index (κ2) is 6.45. The fourth-order valence-corrected chi connectivity index (χ4v) is 2.82. The maximum atomic E-state index is 10.6. The van der Waals surface area contributed by atoms with Gasteiger partial charge in [-0.3, -0.25) is 10.1 Å². The zero-order chi connectivity index (χ0) is 14.6. The molecule has 1 aromatic rings. The van der Waals surface area contributed by atoms with Gasteiger partial charge < -0.3 is 10.4 Å². The van der Waals surface area contributed by atoms with Crippen molar-refractivity contribution >= 4 is 16.3 Å². The van der Waals surface area contributed by atoms with Crippen molar-refractivity contribution in [2.75, 3.05) is 6.54 Å². The number of rotatable bonds is 7. The van der Waals surface area contributed by atoms with Gasteiger partial charge in [-0.1, -0.05) is 39.0 Å². The highest BCUT2D eigenvalue weighted by Crippen LogP contribution is 2.26. The number of thiophene rings is 1. The van der Waals surface area contributed by atoms with Crippen molar-refractivity contribution < 1.29 is 10.0 Å². The maximum absolute atomic E-state index is 10.6. The fourth-order valence-electron chi connectivity index (χ4n) is 2.09. The molecule has 0 fully saturated rings. The summed E-state index contributed by atoms with van der Waals surface area (Å²) in [6.07, 6.45) is -0.378. The third-order valence-corrected chi connectivity index (χ3v) is 4.09. The minimum absolute atomic E-state index is 0.165. The summed E-state index contributed by atoms with van der Waals surface area (Å²) < 4.78 is 0. The number of aliphatic hydroxyl groups excluding tert-OH is 1. The topological polar surface area (TPSA) is 75.4 Å². The summed E-state index contributed by atoms with van der Waals surface area (Å²) in [6.45, 7) is 9.26. The van der Waals surface area contributed by atoms with Crippen molar-refractivity contribution in [3.63, 3.8) is 0 Å². The van der Waals surface area contributed by atoms with Crippen molar-refractivity contribution in [1.82, 2.24) is 5.32 Å². The molecule has 1 unspecified atom stereocenters.